The van der Waals surface area contributed by atoms with Crippen molar-refractivity contribution in [2.75, 3.05) is 0 Å². The fourth-order valence-electron chi connectivity index (χ4n) is 2.33. The van der Waals surface area contributed by atoms with Gasteiger partial charge in [-0.15, -0.1) is 16.4 Å². The Kier molecular flexibility index (Phi) is 3.30. The van der Waals surface area contributed by atoms with Crippen LogP contribution in [0.1, 0.15) is 5.69 Å². The first-order chi connectivity index (χ1) is 11.2. The molecule has 1 aromatic carbocycles. The number of benzene rings is 1. The number of hydrogen-bond acceptors (Lipinski definition) is 5. The van der Waals surface area contributed by atoms with Gasteiger partial charge in [0.2, 0.25) is 0 Å². The Labute approximate surface area is 140 Å². The zero-order valence-electron chi connectivity index (χ0n) is 11.6. The number of aromatic amines is 1. The minimum absolute atomic E-state index is 0.234. The maximum atomic E-state index is 9.07. The number of thiophene rings is 1. The highest BCUT2D eigenvalue weighted by Crippen LogP contribution is 2.34. The number of pyridine rings is 1. The van der Waals surface area contributed by atoms with E-state index in [0.29, 0.717) is 16.4 Å². The van der Waals surface area contributed by atoms with Gasteiger partial charge < -0.3 is 0 Å². The molecule has 0 fully saturated rings. The van der Waals surface area contributed by atoms with Crippen molar-refractivity contribution in [1.82, 2.24) is 20.4 Å². The smallest absolute Gasteiger partial charge is 0.192 e. The van der Waals surface area contributed by atoms with Gasteiger partial charge >= 0.3 is 0 Å². The molecule has 0 saturated carbocycles. The first-order valence-electron chi connectivity index (χ1n) is 6.72. The number of nitrogens with zero attached hydrogens (tertiary/aromatic N) is 4. The lowest BCUT2D eigenvalue weighted by atomic mass is 10.2. The monoisotopic (exact) mass is 337 g/mol. The predicted octanol–water partition coefficient (Wildman–Crippen LogP) is 4.27. The van der Waals surface area contributed by atoms with Crippen LogP contribution in [0.15, 0.2) is 42.5 Å². The third-order valence-electron chi connectivity index (χ3n) is 3.38. The molecule has 7 heteroatoms. The van der Waals surface area contributed by atoms with E-state index in [9.17, 15) is 0 Å². The lowest BCUT2D eigenvalue weighted by Crippen LogP contribution is -1.89. The summed E-state index contributed by atoms with van der Waals surface area (Å²) in [4.78, 5) is 5.65. The van der Waals surface area contributed by atoms with E-state index in [1.807, 2.05) is 42.5 Å². The third-order valence-corrected chi connectivity index (χ3v) is 4.75. The zero-order chi connectivity index (χ0) is 15.8. The van der Waals surface area contributed by atoms with Crippen LogP contribution in [0.25, 0.3) is 32.0 Å². The molecule has 3 aromatic heterocycles. The molecule has 0 bridgehead atoms. The first-order valence-corrected chi connectivity index (χ1v) is 7.92. The summed E-state index contributed by atoms with van der Waals surface area (Å²) < 4.78 is 1.15. The van der Waals surface area contributed by atoms with Crippen molar-refractivity contribution in [2.24, 2.45) is 0 Å². The summed E-state index contributed by atoms with van der Waals surface area (Å²) in [6.45, 7) is 0. The molecule has 4 aromatic rings. The van der Waals surface area contributed by atoms with E-state index < -0.39 is 0 Å². The molecule has 1 N–H and O–H groups in total. The van der Waals surface area contributed by atoms with Crippen LogP contribution in [-0.2, 0) is 0 Å². The second kappa shape index (κ2) is 5.47. The van der Waals surface area contributed by atoms with Gasteiger partial charge in [0.25, 0.3) is 0 Å². The summed E-state index contributed by atoms with van der Waals surface area (Å²) in [7, 11) is 0. The maximum Gasteiger partial charge on any atom is 0.192 e. The molecule has 110 valence electrons. The maximum absolute atomic E-state index is 9.07. The van der Waals surface area contributed by atoms with Gasteiger partial charge in [0.15, 0.2) is 5.69 Å². The molecule has 0 aliphatic heterocycles. The van der Waals surface area contributed by atoms with E-state index in [-0.39, 0.29) is 5.69 Å². The largest absolute Gasteiger partial charge is 0.245 e. The number of aromatic nitrogens is 4. The summed E-state index contributed by atoms with van der Waals surface area (Å²) in [6, 6.07) is 15.5. The summed E-state index contributed by atoms with van der Waals surface area (Å²) in [5.41, 5.74) is 2.13. The van der Waals surface area contributed by atoms with E-state index in [4.69, 9.17) is 16.9 Å². The van der Waals surface area contributed by atoms with E-state index in [1.54, 1.807) is 11.3 Å². The van der Waals surface area contributed by atoms with Gasteiger partial charge in [0.05, 0.1) is 16.3 Å². The zero-order valence-corrected chi connectivity index (χ0v) is 13.2. The summed E-state index contributed by atoms with van der Waals surface area (Å²) in [6.07, 6.45) is 0. The summed E-state index contributed by atoms with van der Waals surface area (Å²) in [5, 5.41) is 21.1. The lowest BCUT2D eigenvalue weighted by molar-refractivity contribution is 0.936. The van der Waals surface area contributed by atoms with Crippen LogP contribution in [0.4, 0.5) is 0 Å². The van der Waals surface area contributed by atoms with Crippen LogP contribution >= 0.6 is 22.9 Å². The number of H-pyrrole nitrogens is 1. The molecule has 0 aliphatic rings. The van der Waals surface area contributed by atoms with Gasteiger partial charge in [0.1, 0.15) is 11.8 Å². The summed E-state index contributed by atoms with van der Waals surface area (Å²) in [5.74, 6) is 0. The minimum Gasteiger partial charge on any atom is -0.245 e. The molecule has 0 spiro atoms. The molecule has 5 nitrogen and oxygen atoms in total. The molecule has 0 atom stereocenters. The Balaban J connectivity index is 1.83. The highest BCUT2D eigenvalue weighted by molar-refractivity contribution is 7.22. The number of hydrogen-bond donors (Lipinski definition) is 1. The quantitative estimate of drug-likeness (QED) is 0.592. The van der Waals surface area contributed by atoms with Crippen LogP contribution in [0, 0.1) is 11.3 Å². The average molecular weight is 338 g/mol. The Hall–Kier alpha value is -2.75. The Morgan fingerprint density at radius 3 is 2.83 bits per heavy atom. The summed E-state index contributed by atoms with van der Waals surface area (Å²) >= 11 is 7.68. The number of fused-ring (bicyclic) bond motifs is 1. The van der Waals surface area contributed by atoms with Crippen molar-refractivity contribution < 1.29 is 0 Å². The van der Waals surface area contributed by atoms with Crippen molar-refractivity contribution in [3.05, 3.63) is 53.2 Å². The van der Waals surface area contributed by atoms with Crippen molar-refractivity contribution in [3.63, 3.8) is 0 Å². The van der Waals surface area contributed by atoms with E-state index in [0.717, 1.165) is 20.7 Å². The Morgan fingerprint density at radius 2 is 1.96 bits per heavy atom. The van der Waals surface area contributed by atoms with Crippen LogP contribution in [0.3, 0.4) is 0 Å². The number of halogens is 1. The standard InChI is InChI=1S/C16H8ClN5S/c17-10-4-5-14-9(6-10)7-15(23-14)11-2-1-3-12(19-11)16-13(8-18)20-22-21-16/h1-7H,(H,20,21,22). The van der Waals surface area contributed by atoms with Gasteiger partial charge in [-0.2, -0.15) is 15.6 Å². The highest BCUT2D eigenvalue weighted by Gasteiger charge is 2.13. The first kappa shape index (κ1) is 13.9. The molecule has 0 aliphatic carbocycles. The van der Waals surface area contributed by atoms with Crippen LogP contribution < -0.4 is 0 Å². The van der Waals surface area contributed by atoms with Gasteiger partial charge in [-0.1, -0.05) is 17.7 Å². The third kappa shape index (κ3) is 2.46. The Bertz CT molecular complexity index is 1060. The topological polar surface area (TPSA) is 78.2 Å². The molecule has 0 radical (unpaired) electrons. The van der Waals surface area contributed by atoms with Gasteiger partial charge in [0, 0.05) is 9.72 Å². The average Bonchev–Trinajstić information content (AvgIpc) is 3.21. The number of rotatable bonds is 2. The van der Waals surface area contributed by atoms with Crippen molar-refractivity contribution >= 4 is 33.0 Å². The predicted molar refractivity (Wildman–Crippen MR) is 90.2 cm³/mol. The van der Waals surface area contributed by atoms with Crippen molar-refractivity contribution in [3.8, 4) is 28.0 Å². The number of nitrogens with one attached hydrogen (secondary N) is 1. The van der Waals surface area contributed by atoms with E-state index in [1.165, 1.54) is 0 Å². The normalized spacial score (nSPS) is 10.8. The highest BCUT2D eigenvalue weighted by atomic mass is 35.5. The van der Waals surface area contributed by atoms with E-state index >= 15 is 0 Å². The molecule has 0 saturated heterocycles. The van der Waals surface area contributed by atoms with Gasteiger partial charge in [-0.3, -0.25) is 0 Å². The Morgan fingerprint density at radius 1 is 1.09 bits per heavy atom. The fourth-order valence-corrected chi connectivity index (χ4v) is 3.53. The van der Waals surface area contributed by atoms with Gasteiger partial charge in [-0.25, -0.2) is 4.98 Å². The molecule has 23 heavy (non-hydrogen) atoms. The van der Waals surface area contributed by atoms with Crippen LogP contribution in [0.5, 0.6) is 0 Å². The second-order valence-electron chi connectivity index (χ2n) is 4.83. The van der Waals surface area contributed by atoms with E-state index in [2.05, 4.69) is 26.5 Å². The minimum atomic E-state index is 0.234. The fraction of sp³-hybridized carbons (Fsp3) is 0. The van der Waals surface area contributed by atoms with Crippen molar-refractivity contribution in [1.29, 1.82) is 5.26 Å². The molecule has 4 rings (SSSR count). The van der Waals surface area contributed by atoms with Gasteiger partial charge in [-0.05, 0) is 41.8 Å². The molecule has 0 amide bonds. The van der Waals surface area contributed by atoms with Crippen molar-refractivity contribution in [2.45, 2.75) is 0 Å². The van der Waals surface area contributed by atoms with Crippen LogP contribution in [0.2, 0.25) is 5.02 Å². The number of nitriles is 1. The molecule has 0 unspecified atom stereocenters. The molecular formula is C16H8ClN5S. The second-order valence-corrected chi connectivity index (χ2v) is 6.35. The molecule has 3 heterocycles. The SMILES string of the molecule is N#Cc1n[nH]nc1-c1cccc(-c2cc3cc(Cl)ccc3s2)n1. The molecular weight excluding hydrogens is 330 g/mol. The van der Waals surface area contributed by atoms with Crippen LogP contribution in [-0.4, -0.2) is 20.4 Å². The lowest BCUT2D eigenvalue weighted by Gasteiger charge is -2.00.